The summed E-state index contributed by atoms with van der Waals surface area (Å²) < 4.78 is 0.909. The summed E-state index contributed by atoms with van der Waals surface area (Å²) in [6, 6.07) is 10.4. The molecule has 2 aromatic rings. The van der Waals surface area contributed by atoms with E-state index in [1.54, 1.807) is 18.0 Å². The number of benzene rings is 1. The van der Waals surface area contributed by atoms with Gasteiger partial charge < -0.3 is 5.32 Å². The van der Waals surface area contributed by atoms with E-state index in [1.165, 1.54) is 10.5 Å². The van der Waals surface area contributed by atoms with Crippen molar-refractivity contribution in [2.45, 2.75) is 11.4 Å². The van der Waals surface area contributed by atoms with Gasteiger partial charge in [0.15, 0.2) is 5.15 Å². The fourth-order valence-corrected chi connectivity index (χ4v) is 2.40. The van der Waals surface area contributed by atoms with Crippen LogP contribution in [0.2, 0.25) is 5.15 Å². The molecule has 1 aromatic carbocycles. The smallest absolute Gasteiger partial charge is 0.152 e. The minimum Gasteiger partial charge on any atom is -0.378 e. The number of rotatable bonds is 4. The summed E-state index contributed by atoms with van der Waals surface area (Å²) in [7, 11) is 0. The highest BCUT2D eigenvalue weighted by atomic mass is 79.9. The lowest BCUT2D eigenvalue weighted by molar-refractivity contribution is 1.13. The number of halogens is 2. The van der Waals surface area contributed by atoms with Crippen molar-refractivity contribution in [3.05, 3.63) is 51.7 Å². The standard InChI is InChI=1S/C13H12BrClN2S/c1-18-11-4-2-9(3-5-11)7-16-12-6-10(14)8-17-13(12)15/h2-6,8,16H,7H2,1H3. The molecule has 0 aliphatic rings. The van der Waals surface area contributed by atoms with Crippen molar-refractivity contribution in [3.63, 3.8) is 0 Å². The van der Waals surface area contributed by atoms with E-state index >= 15 is 0 Å². The second-order valence-corrected chi connectivity index (χ2v) is 5.85. The molecule has 2 rings (SSSR count). The molecular formula is C13H12BrClN2S. The summed E-state index contributed by atoms with van der Waals surface area (Å²) in [6.07, 6.45) is 3.75. The molecule has 0 saturated heterocycles. The Labute approximate surface area is 124 Å². The summed E-state index contributed by atoms with van der Waals surface area (Å²) in [5.74, 6) is 0. The lowest BCUT2D eigenvalue weighted by Gasteiger charge is -2.08. The van der Waals surface area contributed by atoms with Gasteiger partial charge in [-0.05, 0) is 45.9 Å². The van der Waals surface area contributed by atoms with Gasteiger partial charge >= 0.3 is 0 Å². The third-order valence-electron chi connectivity index (χ3n) is 2.45. The Morgan fingerprint density at radius 2 is 2.06 bits per heavy atom. The average Bonchev–Trinajstić information content (AvgIpc) is 2.40. The lowest BCUT2D eigenvalue weighted by Crippen LogP contribution is -2.00. The summed E-state index contributed by atoms with van der Waals surface area (Å²) >= 11 is 11.1. The van der Waals surface area contributed by atoms with Gasteiger partial charge in [0, 0.05) is 22.1 Å². The first kappa shape index (κ1) is 13.7. The fourth-order valence-electron chi connectivity index (χ4n) is 1.49. The van der Waals surface area contributed by atoms with Crippen molar-refractivity contribution >= 4 is 45.0 Å². The van der Waals surface area contributed by atoms with Crippen LogP contribution in [-0.2, 0) is 6.54 Å². The molecule has 0 fully saturated rings. The number of hydrogen-bond acceptors (Lipinski definition) is 3. The molecule has 0 atom stereocenters. The van der Waals surface area contributed by atoms with Gasteiger partial charge in [-0.1, -0.05) is 23.7 Å². The van der Waals surface area contributed by atoms with Crippen LogP contribution in [0.5, 0.6) is 0 Å². The van der Waals surface area contributed by atoms with E-state index in [9.17, 15) is 0 Å². The Hall–Kier alpha value is -0.710. The first-order valence-electron chi connectivity index (χ1n) is 5.37. The molecule has 1 N–H and O–H groups in total. The molecule has 5 heteroatoms. The van der Waals surface area contributed by atoms with E-state index in [1.807, 2.05) is 6.07 Å². The number of pyridine rings is 1. The number of nitrogens with one attached hydrogen (secondary N) is 1. The quantitative estimate of drug-likeness (QED) is 0.635. The van der Waals surface area contributed by atoms with Gasteiger partial charge in [-0.2, -0.15) is 0 Å². The van der Waals surface area contributed by atoms with Crippen LogP contribution >= 0.6 is 39.3 Å². The third-order valence-corrected chi connectivity index (χ3v) is 3.93. The van der Waals surface area contributed by atoms with Crippen molar-refractivity contribution < 1.29 is 0 Å². The van der Waals surface area contributed by atoms with Crippen molar-refractivity contribution in [3.8, 4) is 0 Å². The number of anilines is 1. The summed E-state index contributed by atoms with van der Waals surface area (Å²) in [5, 5.41) is 3.76. The summed E-state index contributed by atoms with van der Waals surface area (Å²) in [5.41, 5.74) is 2.05. The zero-order valence-electron chi connectivity index (χ0n) is 9.78. The van der Waals surface area contributed by atoms with Crippen LogP contribution in [0.15, 0.2) is 45.9 Å². The Morgan fingerprint density at radius 1 is 1.33 bits per heavy atom. The minimum atomic E-state index is 0.485. The maximum atomic E-state index is 6.01. The van der Waals surface area contributed by atoms with Crippen LogP contribution in [-0.4, -0.2) is 11.2 Å². The van der Waals surface area contributed by atoms with Crippen LogP contribution in [0, 0.1) is 0 Å². The zero-order chi connectivity index (χ0) is 13.0. The molecule has 94 valence electrons. The molecule has 0 aliphatic heterocycles. The van der Waals surface area contributed by atoms with Crippen molar-refractivity contribution in [2.24, 2.45) is 0 Å². The highest BCUT2D eigenvalue weighted by Gasteiger charge is 2.02. The van der Waals surface area contributed by atoms with E-state index in [-0.39, 0.29) is 0 Å². The number of thioether (sulfide) groups is 1. The molecular weight excluding hydrogens is 332 g/mol. The van der Waals surface area contributed by atoms with Crippen LogP contribution in [0.1, 0.15) is 5.56 Å². The van der Waals surface area contributed by atoms with Crippen LogP contribution < -0.4 is 5.32 Å². The van der Waals surface area contributed by atoms with E-state index < -0.39 is 0 Å². The molecule has 1 aromatic heterocycles. The molecule has 18 heavy (non-hydrogen) atoms. The fraction of sp³-hybridized carbons (Fsp3) is 0.154. The van der Waals surface area contributed by atoms with Gasteiger partial charge in [-0.15, -0.1) is 11.8 Å². The highest BCUT2D eigenvalue weighted by Crippen LogP contribution is 2.23. The SMILES string of the molecule is CSc1ccc(CNc2cc(Br)cnc2Cl)cc1. The Morgan fingerprint density at radius 3 is 2.72 bits per heavy atom. The molecule has 0 bridgehead atoms. The monoisotopic (exact) mass is 342 g/mol. The molecule has 0 radical (unpaired) electrons. The van der Waals surface area contributed by atoms with Gasteiger partial charge in [0.05, 0.1) is 5.69 Å². The first-order chi connectivity index (χ1) is 8.69. The maximum absolute atomic E-state index is 6.01. The van der Waals surface area contributed by atoms with Crippen LogP contribution in [0.4, 0.5) is 5.69 Å². The normalized spacial score (nSPS) is 10.4. The molecule has 1 heterocycles. The van der Waals surface area contributed by atoms with E-state index in [4.69, 9.17) is 11.6 Å². The van der Waals surface area contributed by atoms with Crippen molar-refractivity contribution in [1.29, 1.82) is 0 Å². The van der Waals surface area contributed by atoms with Crippen molar-refractivity contribution in [2.75, 3.05) is 11.6 Å². The molecule has 0 unspecified atom stereocenters. The Kier molecular flexibility index (Phi) is 4.92. The van der Waals surface area contributed by atoms with Crippen molar-refractivity contribution in [1.82, 2.24) is 4.98 Å². The first-order valence-corrected chi connectivity index (χ1v) is 7.76. The molecule has 0 saturated carbocycles. The third kappa shape index (κ3) is 3.64. The minimum absolute atomic E-state index is 0.485. The second-order valence-electron chi connectivity index (χ2n) is 3.69. The lowest BCUT2D eigenvalue weighted by atomic mass is 10.2. The highest BCUT2D eigenvalue weighted by molar-refractivity contribution is 9.10. The van der Waals surface area contributed by atoms with E-state index in [2.05, 4.69) is 56.8 Å². The van der Waals surface area contributed by atoms with E-state index in [0.29, 0.717) is 5.15 Å². The van der Waals surface area contributed by atoms with Crippen LogP contribution in [0.25, 0.3) is 0 Å². The number of hydrogen-bond donors (Lipinski definition) is 1. The molecule has 0 amide bonds. The van der Waals surface area contributed by atoms with Gasteiger partial charge in [-0.25, -0.2) is 4.98 Å². The summed E-state index contributed by atoms with van der Waals surface area (Å²) in [6.45, 7) is 0.729. The van der Waals surface area contributed by atoms with Gasteiger partial charge in [0.25, 0.3) is 0 Å². The Balaban J connectivity index is 2.04. The Bertz CT molecular complexity index is 531. The number of nitrogens with zero attached hydrogens (tertiary/aromatic N) is 1. The van der Waals surface area contributed by atoms with Gasteiger partial charge in [0.1, 0.15) is 0 Å². The predicted molar refractivity (Wildman–Crippen MR) is 82.5 cm³/mol. The molecule has 2 nitrogen and oxygen atoms in total. The average molecular weight is 344 g/mol. The van der Waals surface area contributed by atoms with Gasteiger partial charge in [-0.3, -0.25) is 0 Å². The van der Waals surface area contributed by atoms with E-state index in [0.717, 1.165) is 16.7 Å². The number of aromatic nitrogens is 1. The zero-order valence-corrected chi connectivity index (χ0v) is 12.9. The topological polar surface area (TPSA) is 24.9 Å². The summed E-state index contributed by atoms with van der Waals surface area (Å²) in [4.78, 5) is 5.34. The maximum Gasteiger partial charge on any atom is 0.152 e. The second kappa shape index (κ2) is 6.45. The molecule has 0 aliphatic carbocycles. The van der Waals surface area contributed by atoms with Crippen LogP contribution in [0.3, 0.4) is 0 Å². The largest absolute Gasteiger partial charge is 0.378 e. The van der Waals surface area contributed by atoms with Gasteiger partial charge in [0.2, 0.25) is 0 Å². The predicted octanol–water partition coefficient (Wildman–Crippen LogP) is 4.83. The molecule has 0 spiro atoms.